The summed E-state index contributed by atoms with van der Waals surface area (Å²) < 4.78 is 0. The highest BCUT2D eigenvalue weighted by Crippen LogP contribution is 2.40. The Kier molecular flexibility index (Phi) is 13.2. The number of carbonyl (C=O) groups is 3. The van der Waals surface area contributed by atoms with E-state index in [1.54, 1.807) is 23.5 Å². The fourth-order valence-corrected chi connectivity index (χ4v) is 11.3. The molecular weight excluding hydrogens is 867 g/mol. The number of hydrogen-bond acceptors (Lipinski definition) is 14. The number of nitrogens with zero attached hydrogens (tertiary/aromatic N) is 8. The van der Waals surface area contributed by atoms with Crippen LogP contribution in [0.3, 0.4) is 0 Å². The van der Waals surface area contributed by atoms with Crippen molar-refractivity contribution in [1.29, 1.82) is 0 Å². The lowest BCUT2D eigenvalue weighted by Crippen LogP contribution is -2.57. The number of aliphatic hydroxyl groups excluding tert-OH is 1. The van der Waals surface area contributed by atoms with Crippen LogP contribution in [0, 0.1) is 18.3 Å². The topological polar surface area (TPSA) is 216 Å². The Labute approximate surface area is 395 Å². The Bertz CT molecular complexity index is 2560. The number of likely N-dealkylation sites (tertiary alicyclic amines) is 1. The molecule has 2 bridgehead atoms. The third-order valence-electron chi connectivity index (χ3n) is 14.2. The first-order chi connectivity index (χ1) is 32.2. The summed E-state index contributed by atoms with van der Waals surface area (Å²) >= 11 is 1.59. The fourth-order valence-electron chi connectivity index (χ4n) is 10.5. The second-order valence-corrected chi connectivity index (χ2v) is 20.8. The average molecular weight is 928 g/mol. The quantitative estimate of drug-likeness (QED) is 0.0975. The van der Waals surface area contributed by atoms with E-state index in [1.165, 1.54) is 4.90 Å². The summed E-state index contributed by atoms with van der Waals surface area (Å²) in [5.74, 6) is 0.827. The molecule has 1 aliphatic carbocycles. The molecule has 5 atom stereocenters. The Hall–Kier alpha value is -6.20. The van der Waals surface area contributed by atoms with Gasteiger partial charge >= 0.3 is 0 Å². The number of β-amino-alcohol motifs (C(OH)–C–C–N with tert-alkyl or cyclic N) is 1. The minimum absolute atomic E-state index is 0.0260. The first-order valence-electron chi connectivity index (χ1n) is 23.5. The molecule has 4 aliphatic rings. The number of aliphatic hydroxyl groups is 1. The predicted octanol–water partition coefficient (Wildman–Crippen LogP) is 5.98. The van der Waals surface area contributed by atoms with Crippen LogP contribution in [-0.2, 0) is 20.9 Å². The molecular formula is C50H61N11O5S. The van der Waals surface area contributed by atoms with Crippen LogP contribution in [-0.4, -0.2) is 108 Å². The normalized spacial score (nSPS) is 23.3. The maximum absolute atomic E-state index is 14.2. The van der Waals surface area contributed by atoms with Crippen molar-refractivity contribution in [3.63, 3.8) is 0 Å². The minimum Gasteiger partial charge on any atom is -0.507 e. The zero-order chi connectivity index (χ0) is 47.0. The van der Waals surface area contributed by atoms with Crippen LogP contribution >= 0.6 is 11.3 Å². The molecule has 4 fully saturated rings. The molecule has 0 spiro atoms. The lowest BCUT2D eigenvalue weighted by molar-refractivity contribution is -0.144. The second kappa shape index (κ2) is 19.2. The molecule has 3 aromatic heterocycles. The minimum atomic E-state index is -0.873. The van der Waals surface area contributed by atoms with Gasteiger partial charge in [-0.25, -0.2) is 15.0 Å². The van der Waals surface area contributed by atoms with Gasteiger partial charge in [0.25, 0.3) is 0 Å². The number of aromatic nitrogens is 5. The number of para-hydroxylation sites is 1. The van der Waals surface area contributed by atoms with Crippen molar-refractivity contribution in [2.24, 2.45) is 11.3 Å². The highest BCUT2D eigenvalue weighted by molar-refractivity contribution is 7.13. The van der Waals surface area contributed by atoms with Crippen molar-refractivity contribution in [1.82, 2.24) is 40.7 Å². The molecule has 3 aliphatic heterocycles. The number of nitrogens with two attached hydrogens (primary N) is 1. The van der Waals surface area contributed by atoms with Gasteiger partial charge in [0.05, 0.1) is 33.6 Å². The van der Waals surface area contributed by atoms with Gasteiger partial charge in [0.1, 0.15) is 17.8 Å². The summed E-state index contributed by atoms with van der Waals surface area (Å²) in [6.07, 6.45) is 9.13. The zero-order valence-corrected chi connectivity index (χ0v) is 39.5. The number of benzene rings is 2. The monoisotopic (exact) mass is 927 g/mol. The number of anilines is 3. The van der Waals surface area contributed by atoms with Crippen LogP contribution < -0.4 is 26.2 Å². The maximum Gasteiger partial charge on any atom is 0.246 e. The smallest absolute Gasteiger partial charge is 0.246 e. The van der Waals surface area contributed by atoms with Crippen molar-refractivity contribution in [2.45, 2.75) is 122 Å². The number of aromatic hydroxyl groups is 1. The van der Waals surface area contributed by atoms with Gasteiger partial charge in [-0.15, -0.1) is 21.5 Å². The number of piperazine rings is 1. The lowest BCUT2D eigenvalue weighted by atomic mass is 9.78. The van der Waals surface area contributed by atoms with E-state index in [9.17, 15) is 24.6 Å². The molecule has 352 valence electrons. The van der Waals surface area contributed by atoms with E-state index < -0.39 is 23.6 Å². The summed E-state index contributed by atoms with van der Waals surface area (Å²) in [6, 6.07) is 15.7. The number of carbonyl (C=O) groups excluding carboxylic acids is 3. The number of rotatable bonds is 12. The third kappa shape index (κ3) is 9.94. The number of phenolic OH excluding ortho intramolecular Hbond substituents is 1. The molecule has 67 heavy (non-hydrogen) atoms. The molecule has 2 unspecified atom stereocenters. The number of hydrogen-bond donors (Lipinski definition) is 5. The van der Waals surface area contributed by atoms with Gasteiger partial charge in [-0.2, -0.15) is 0 Å². The van der Waals surface area contributed by atoms with Crippen LogP contribution in [0.15, 0.2) is 72.5 Å². The standard InChI is InChI=1S/C50H61N11O5S/c1-29-44(67-28-55-29)33-15-11-31(12-16-33)22-52-47(65)41-20-37(62)27-60(41)48(66)45(50(2,3)4)56-43(64)19-30-9-13-32(14-10-30)34-23-53-49(54-24-34)61-35-17-18-36(61)26-59(25-35)40-21-39(57-58-46(40)51)38-7-5-6-8-42(38)63/h5-8,11-12,15-16,21,23-24,28,30,32,35-37,41,45,62-63H,9-10,13-14,17-20,22,25-27H2,1-4H3,(H2,51,58)(H,52,65)(H,56,64)/t30?,32?,35?,36?,37-,41+,45-/m1/s1. The zero-order valence-electron chi connectivity index (χ0n) is 38.6. The Morgan fingerprint density at radius 2 is 1.61 bits per heavy atom. The van der Waals surface area contributed by atoms with Crippen molar-refractivity contribution >= 4 is 46.5 Å². The number of nitrogen functional groups attached to an aromatic ring is 1. The molecule has 0 radical (unpaired) electrons. The van der Waals surface area contributed by atoms with E-state index in [1.807, 2.05) is 88.1 Å². The van der Waals surface area contributed by atoms with E-state index in [0.717, 1.165) is 90.5 Å². The fraction of sp³-hybridized carbons (Fsp3) is 0.480. The van der Waals surface area contributed by atoms with E-state index >= 15 is 0 Å². The average Bonchev–Trinajstić information content (AvgIpc) is 4.01. The van der Waals surface area contributed by atoms with Gasteiger partial charge in [-0.3, -0.25) is 14.4 Å². The number of aryl methyl sites for hydroxylation is 1. The van der Waals surface area contributed by atoms with Gasteiger partial charge in [0.15, 0.2) is 5.82 Å². The summed E-state index contributed by atoms with van der Waals surface area (Å²) in [7, 11) is 0. The third-order valence-corrected chi connectivity index (χ3v) is 15.2. The SMILES string of the molecule is Cc1ncsc1-c1ccc(CNC(=O)[C@@H]2C[C@@H](O)CN2C(=O)[C@@H](NC(=O)CC2CCC(c3cnc(N4C5CCC4CN(c4cc(-c6ccccc6O)nnc4N)C5)nc3)CC2)C(C)(C)C)cc1. The number of thiazole rings is 1. The predicted molar refractivity (Wildman–Crippen MR) is 258 cm³/mol. The highest BCUT2D eigenvalue weighted by Gasteiger charge is 2.45. The van der Waals surface area contributed by atoms with Crippen LogP contribution in [0.2, 0.25) is 0 Å². The molecule has 16 nitrogen and oxygen atoms in total. The lowest BCUT2D eigenvalue weighted by Gasteiger charge is -2.42. The van der Waals surface area contributed by atoms with E-state index in [4.69, 9.17) is 15.7 Å². The number of amides is 3. The number of nitrogens with one attached hydrogen (secondary N) is 2. The summed E-state index contributed by atoms with van der Waals surface area (Å²) in [5, 5.41) is 35.7. The van der Waals surface area contributed by atoms with Crippen LogP contribution in [0.25, 0.3) is 21.7 Å². The van der Waals surface area contributed by atoms with Gasteiger partial charge in [-0.1, -0.05) is 57.2 Å². The second-order valence-electron chi connectivity index (χ2n) is 19.9. The molecule has 1 saturated carbocycles. The van der Waals surface area contributed by atoms with Crippen molar-refractivity contribution in [2.75, 3.05) is 35.2 Å². The van der Waals surface area contributed by atoms with Crippen molar-refractivity contribution in [3.8, 4) is 27.4 Å². The summed E-state index contributed by atoms with van der Waals surface area (Å²) in [6.45, 7) is 9.49. The molecule has 9 rings (SSSR count). The highest BCUT2D eigenvalue weighted by atomic mass is 32.1. The van der Waals surface area contributed by atoms with Crippen LogP contribution in [0.1, 0.15) is 94.9 Å². The van der Waals surface area contributed by atoms with Crippen molar-refractivity contribution in [3.05, 3.63) is 89.3 Å². The summed E-state index contributed by atoms with van der Waals surface area (Å²) in [4.78, 5) is 62.8. The molecule has 17 heteroatoms. The number of fused-ring (bicyclic) bond motifs is 2. The van der Waals surface area contributed by atoms with Crippen LogP contribution in [0.5, 0.6) is 5.75 Å². The van der Waals surface area contributed by atoms with E-state index in [-0.39, 0.29) is 61.0 Å². The van der Waals surface area contributed by atoms with Gasteiger partial charge < -0.3 is 41.3 Å². The Balaban J connectivity index is 0.760. The van der Waals surface area contributed by atoms with Gasteiger partial charge in [0, 0.05) is 69.1 Å². The first kappa shape index (κ1) is 45.9. The van der Waals surface area contributed by atoms with E-state index in [0.29, 0.717) is 29.4 Å². The van der Waals surface area contributed by atoms with E-state index in [2.05, 4.69) is 35.6 Å². The van der Waals surface area contributed by atoms with Gasteiger partial charge in [-0.05, 0) is 97.6 Å². The van der Waals surface area contributed by atoms with Crippen LogP contribution in [0.4, 0.5) is 17.5 Å². The molecule has 6 N–H and O–H groups in total. The molecule has 3 amide bonds. The first-order valence-corrected chi connectivity index (χ1v) is 24.4. The molecule has 2 aromatic carbocycles. The summed E-state index contributed by atoms with van der Waals surface area (Å²) in [5.41, 5.74) is 13.6. The van der Waals surface area contributed by atoms with Gasteiger partial charge in [0.2, 0.25) is 23.7 Å². The Morgan fingerprint density at radius 3 is 2.27 bits per heavy atom. The molecule has 5 aromatic rings. The maximum atomic E-state index is 14.2. The largest absolute Gasteiger partial charge is 0.507 e. The molecule has 6 heterocycles. The Morgan fingerprint density at radius 1 is 0.910 bits per heavy atom. The number of phenols is 1. The van der Waals surface area contributed by atoms with Crippen molar-refractivity contribution < 1.29 is 24.6 Å². The molecule has 3 saturated heterocycles.